The van der Waals surface area contributed by atoms with Crippen LogP contribution in [0.4, 0.5) is 11.5 Å². The van der Waals surface area contributed by atoms with Crippen LogP contribution in [0.5, 0.6) is 11.5 Å². The van der Waals surface area contributed by atoms with E-state index in [0.717, 1.165) is 18.9 Å². The maximum Gasteiger partial charge on any atom is 0.271 e. The molecule has 1 saturated heterocycles. The number of amidine groups is 1. The number of hydrazine groups is 1. The van der Waals surface area contributed by atoms with Crippen LogP contribution in [0.1, 0.15) is 41.4 Å². The van der Waals surface area contributed by atoms with E-state index in [-0.39, 0.29) is 12.8 Å². The standard InChI is InChI=1S/C29H33N7O5/c1-18(2)41-23-9-5-20-15-24(23)40-17-32-27(30)19-3-7-22(8-4-19)33-26(20)29(38)35-34-28(37)21-6-10-25(31-16-21)36-11-13-39-14-12-36/h3-10,15-16,18,26,33H,11-14,17H2,1-2H3,(H2,30,32)(H,34,37)(H,35,38). The van der Waals surface area contributed by atoms with Gasteiger partial charge in [-0.3, -0.25) is 20.4 Å². The Balaban J connectivity index is 1.35. The largest absolute Gasteiger partial charge is 0.487 e. The van der Waals surface area contributed by atoms with Gasteiger partial charge in [0.15, 0.2) is 18.2 Å². The Bertz CT molecular complexity index is 1400. The highest BCUT2D eigenvalue weighted by Gasteiger charge is 2.24. The Morgan fingerprint density at radius 1 is 1.07 bits per heavy atom. The van der Waals surface area contributed by atoms with E-state index >= 15 is 0 Å². The first-order valence-corrected chi connectivity index (χ1v) is 13.4. The van der Waals surface area contributed by atoms with E-state index in [1.807, 2.05) is 13.8 Å². The zero-order chi connectivity index (χ0) is 28.8. The van der Waals surface area contributed by atoms with Crippen LogP contribution >= 0.6 is 0 Å². The molecule has 1 aromatic heterocycles. The van der Waals surface area contributed by atoms with Crippen LogP contribution in [-0.4, -0.2) is 61.8 Å². The van der Waals surface area contributed by atoms with Crippen molar-refractivity contribution in [2.45, 2.75) is 26.0 Å². The highest BCUT2D eigenvalue weighted by molar-refractivity contribution is 5.98. The number of fused-ring (bicyclic) bond motifs is 5. The molecule has 3 aliphatic rings. The molecule has 0 spiro atoms. The molecule has 3 aliphatic heterocycles. The first-order valence-electron chi connectivity index (χ1n) is 13.4. The molecule has 1 atom stereocenters. The van der Waals surface area contributed by atoms with Crippen LogP contribution in [0.15, 0.2) is 65.8 Å². The summed E-state index contributed by atoms with van der Waals surface area (Å²) in [7, 11) is 0. The Kier molecular flexibility index (Phi) is 8.49. The molecule has 4 bridgehead atoms. The number of carbonyl (C=O) groups excluding carboxylic acids is 2. The predicted octanol–water partition coefficient (Wildman–Crippen LogP) is 2.38. The molecule has 2 aromatic carbocycles. The third kappa shape index (κ3) is 6.84. The Morgan fingerprint density at radius 3 is 2.56 bits per heavy atom. The normalized spacial score (nSPS) is 18.0. The number of aliphatic imine (C=N–C) groups is 1. The van der Waals surface area contributed by atoms with Crippen LogP contribution in [0.3, 0.4) is 0 Å². The lowest BCUT2D eigenvalue weighted by atomic mass is 10.0. The summed E-state index contributed by atoms with van der Waals surface area (Å²) in [6, 6.07) is 15.0. The highest BCUT2D eigenvalue weighted by atomic mass is 16.5. The Morgan fingerprint density at radius 2 is 1.85 bits per heavy atom. The second-order valence-electron chi connectivity index (χ2n) is 9.79. The molecule has 3 aromatic rings. The van der Waals surface area contributed by atoms with Gasteiger partial charge in [0.2, 0.25) is 0 Å². The minimum atomic E-state index is -0.891. The third-order valence-corrected chi connectivity index (χ3v) is 6.52. The summed E-state index contributed by atoms with van der Waals surface area (Å²) in [5, 5.41) is 3.23. The number of nitrogens with zero attached hydrogens (tertiary/aromatic N) is 3. The van der Waals surface area contributed by atoms with E-state index in [4.69, 9.17) is 19.9 Å². The fraction of sp³-hybridized carbons (Fsp3) is 0.310. The summed E-state index contributed by atoms with van der Waals surface area (Å²) in [6.07, 6.45) is 1.38. The van der Waals surface area contributed by atoms with Crippen molar-refractivity contribution in [2.75, 3.05) is 43.3 Å². The molecule has 1 fully saturated rings. The Labute approximate surface area is 237 Å². The molecule has 6 rings (SSSR count). The number of pyridine rings is 1. The van der Waals surface area contributed by atoms with Crippen LogP contribution in [0.2, 0.25) is 0 Å². The van der Waals surface area contributed by atoms with Crippen molar-refractivity contribution >= 4 is 29.2 Å². The molecule has 0 radical (unpaired) electrons. The summed E-state index contributed by atoms with van der Waals surface area (Å²) in [5.74, 6) is 1.02. The molecule has 0 aliphatic carbocycles. The number of anilines is 2. The number of amides is 2. The minimum Gasteiger partial charge on any atom is -0.487 e. The molecule has 12 heteroatoms. The van der Waals surface area contributed by atoms with Crippen molar-refractivity contribution in [1.29, 1.82) is 0 Å². The molecule has 0 saturated carbocycles. The van der Waals surface area contributed by atoms with E-state index in [1.54, 1.807) is 54.6 Å². The van der Waals surface area contributed by atoms with Crippen LogP contribution < -0.4 is 36.3 Å². The van der Waals surface area contributed by atoms with Gasteiger partial charge in [-0.25, -0.2) is 9.98 Å². The predicted molar refractivity (Wildman–Crippen MR) is 154 cm³/mol. The van der Waals surface area contributed by atoms with Gasteiger partial charge in [0.05, 0.1) is 24.9 Å². The minimum absolute atomic E-state index is 0.0375. The van der Waals surface area contributed by atoms with Gasteiger partial charge in [0, 0.05) is 30.5 Å². The number of nitrogens with two attached hydrogens (primary N) is 1. The molecular formula is C29H33N7O5. The second-order valence-corrected chi connectivity index (χ2v) is 9.79. The lowest BCUT2D eigenvalue weighted by molar-refractivity contribution is -0.122. The summed E-state index contributed by atoms with van der Waals surface area (Å²) >= 11 is 0. The summed E-state index contributed by atoms with van der Waals surface area (Å²) in [4.78, 5) is 37.1. The quantitative estimate of drug-likeness (QED) is 0.345. The van der Waals surface area contributed by atoms with Crippen molar-refractivity contribution in [3.63, 3.8) is 0 Å². The molecule has 12 nitrogen and oxygen atoms in total. The molecule has 214 valence electrons. The van der Waals surface area contributed by atoms with Crippen molar-refractivity contribution in [1.82, 2.24) is 15.8 Å². The molecule has 1 unspecified atom stereocenters. The topological polar surface area (TPSA) is 152 Å². The van der Waals surface area contributed by atoms with E-state index in [1.165, 1.54) is 6.20 Å². The first kappa shape index (κ1) is 27.7. The second kappa shape index (κ2) is 12.6. The summed E-state index contributed by atoms with van der Waals surface area (Å²) in [5.41, 5.74) is 13.4. The Hall–Kier alpha value is -4.84. The zero-order valence-corrected chi connectivity index (χ0v) is 22.9. The average molecular weight is 560 g/mol. The number of nitrogens with one attached hydrogen (secondary N) is 3. The van der Waals surface area contributed by atoms with E-state index < -0.39 is 17.9 Å². The number of rotatable bonds is 5. The molecule has 5 N–H and O–H groups in total. The summed E-state index contributed by atoms with van der Waals surface area (Å²) in [6.45, 7) is 6.53. The third-order valence-electron chi connectivity index (χ3n) is 6.52. The van der Waals surface area contributed by atoms with Crippen molar-refractivity contribution in [3.8, 4) is 11.5 Å². The van der Waals surface area contributed by atoms with Crippen molar-refractivity contribution < 1.29 is 23.8 Å². The van der Waals surface area contributed by atoms with Gasteiger partial charge in [-0.15, -0.1) is 0 Å². The maximum absolute atomic E-state index is 13.5. The smallest absolute Gasteiger partial charge is 0.271 e. The molecule has 2 amide bonds. The van der Waals surface area contributed by atoms with Crippen molar-refractivity contribution in [2.24, 2.45) is 10.7 Å². The number of hydrogen-bond donors (Lipinski definition) is 4. The van der Waals surface area contributed by atoms with Gasteiger partial charge in [-0.05, 0) is 67.9 Å². The van der Waals surface area contributed by atoms with Gasteiger partial charge in [-0.1, -0.05) is 6.07 Å². The van der Waals surface area contributed by atoms with Gasteiger partial charge < -0.3 is 30.2 Å². The van der Waals surface area contributed by atoms with Gasteiger partial charge in [-0.2, -0.15) is 0 Å². The van der Waals surface area contributed by atoms with Gasteiger partial charge in [0.1, 0.15) is 17.7 Å². The fourth-order valence-electron chi connectivity index (χ4n) is 4.40. The number of carbonyl (C=O) groups is 2. The van der Waals surface area contributed by atoms with Crippen molar-refractivity contribution in [3.05, 3.63) is 77.5 Å². The lowest BCUT2D eigenvalue weighted by Gasteiger charge is -2.27. The molecular weight excluding hydrogens is 526 g/mol. The van der Waals surface area contributed by atoms with Gasteiger partial charge >= 0.3 is 0 Å². The zero-order valence-electron chi connectivity index (χ0n) is 22.9. The SMILES string of the molecule is CC(C)Oc1ccc2cc1OC/N=C(/N)c1ccc(cc1)NC2C(=O)NNC(=O)c1ccc(N2CCOCC2)nc1. The van der Waals surface area contributed by atoms with Gasteiger partial charge in [0.25, 0.3) is 11.8 Å². The monoisotopic (exact) mass is 559 g/mol. The fourth-order valence-corrected chi connectivity index (χ4v) is 4.40. The first-order chi connectivity index (χ1) is 19.9. The van der Waals surface area contributed by atoms with E-state index in [9.17, 15) is 9.59 Å². The lowest BCUT2D eigenvalue weighted by Crippen LogP contribution is -2.45. The number of aromatic nitrogens is 1. The van der Waals surface area contributed by atoms with E-state index in [0.29, 0.717) is 52.9 Å². The van der Waals surface area contributed by atoms with Crippen LogP contribution in [-0.2, 0) is 9.53 Å². The van der Waals surface area contributed by atoms with Crippen LogP contribution in [0.25, 0.3) is 0 Å². The highest BCUT2D eigenvalue weighted by Crippen LogP contribution is 2.33. The van der Waals surface area contributed by atoms with E-state index in [2.05, 4.69) is 31.0 Å². The average Bonchev–Trinajstić information content (AvgIpc) is 3.01. The number of benzene rings is 2. The number of hydrogen-bond acceptors (Lipinski definition) is 10. The molecule has 41 heavy (non-hydrogen) atoms. The molecule has 4 heterocycles. The number of morpholine rings is 1. The maximum atomic E-state index is 13.5. The number of ether oxygens (including phenoxy) is 3. The van der Waals surface area contributed by atoms with Crippen LogP contribution in [0, 0.1) is 0 Å². The summed E-state index contributed by atoms with van der Waals surface area (Å²) < 4.78 is 17.2.